The zero-order chi connectivity index (χ0) is 14.8. The van der Waals surface area contributed by atoms with Crippen LogP contribution in [-0.4, -0.2) is 16.1 Å². The van der Waals surface area contributed by atoms with Crippen molar-refractivity contribution in [2.75, 3.05) is 0 Å². The summed E-state index contributed by atoms with van der Waals surface area (Å²) >= 11 is 0. The standard InChI is InChI=1S/C16H10FNO3/c17-13-7-2-1-6-12(13)15-18-14(9-21-15)10-4-3-5-11(8-10)16(19)20/h1-9H,(H,19,20). The van der Waals surface area contributed by atoms with Gasteiger partial charge in [0.05, 0.1) is 11.1 Å². The van der Waals surface area contributed by atoms with Crippen LogP contribution in [-0.2, 0) is 0 Å². The van der Waals surface area contributed by atoms with Gasteiger partial charge in [0.1, 0.15) is 17.8 Å². The van der Waals surface area contributed by atoms with Gasteiger partial charge in [-0.25, -0.2) is 14.2 Å². The molecule has 104 valence electrons. The summed E-state index contributed by atoms with van der Waals surface area (Å²) in [5, 5.41) is 8.98. The third kappa shape index (κ3) is 2.53. The van der Waals surface area contributed by atoms with E-state index in [4.69, 9.17) is 9.52 Å². The first-order chi connectivity index (χ1) is 10.1. The van der Waals surface area contributed by atoms with Crippen LogP contribution >= 0.6 is 0 Å². The third-order valence-corrected chi connectivity index (χ3v) is 3.01. The number of oxazole rings is 1. The first-order valence-corrected chi connectivity index (χ1v) is 6.19. The molecule has 0 atom stereocenters. The smallest absolute Gasteiger partial charge is 0.335 e. The highest BCUT2D eigenvalue weighted by molar-refractivity contribution is 5.89. The highest BCUT2D eigenvalue weighted by atomic mass is 19.1. The van der Waals surface area contributed by atoms with E-state index in [1.54, 1.807) is 30.3 Å². The van der Waals surface area contributed by atoms with E-state index >= 15 is 0 Å². The quantitative estimate of drug-likeness (QED) is 0.793. The first-order valence-electron chi connectivity index (χ1n) is 6.19. The van der Waals surface area contributed by atoms with Gasteiger partial charge in [0.25, 0.3) is 0 Å². The maximum absolute atomic E-state index is 13.7. The molecule has 21 heavy (non-hydrogen) atoms. The van der Waals surface area contributed by atoms with Gasteiger partial charge in [0.15, 0.2) is 0 Å². The van der Waals surface area contributed by atoms with E-state index in [9.17, 15) is 9.18 Å². The number of rotatable bonds is 3. The van der Waals surface area contributed by atoms with E-state index in [2.05, 4.69) is 4.98 Å². The van der Waals surface area contributed by atoms with Gasteiger partial charge in [-0.3, -0.25) is 0 Å². The van der Waals surface area contributed by atoms with Crippen LogP contribution in [0.2, 0.25) is 0 Å². The Kier molecular flexibility index (Phi) is 3.23. The van der Waals surface area contributed by atoms with Crippen LogP contribution in [0.1, 0.15) is 10.4 Å². The molecule has 3 aromatic rings. The van der Waals surface area contributed by atoms with Gasteiger partial charge in [-0.15, -0.1) is 0 Å². The van der Waals surface area contributed by atoms with Crippen molar-refractivity contribution in [2.45, 2.75) is 0 Å². The molecule has 0 fully saturated rings. The van der Waals surface area contributed by atoms with Crippen LogP contribution in [0.5, 0.6) is 0 Å². The Bertz CT molecular complexity index is 811. The molecule has 0 spiro atoms. The highest BCUT2D eigenvalue weighted by Crippen LogP contribution is 2.26. The Morgan fingerprint density at radius 2 is 1.95 bits per heavy atom. The summed E-state index contributed by atoms with van der Waals surface area (Å²) in [4.78, 5) is 15.2. The largest absolute Gasteiger partial charge is 0.478 e. The van der Waals surface area contributed by atoms with Crippen LogP contribution in [0, 0.1) is 5.82 Å². The average molecular weight is 283 g/mol. The zero-order valence-electron chi connectivity index (χ0n) is 10.8. The van der Waals surface area contributed by atoms with Gasteiger partial charge in [-0.2, -0.15) is 0 Å². The van der Waals surface area contributed by atoms with E-state index in [1.807, 2.05) is 0 Å². The Morgan fingerprint density at radius 1 is 1.14 bits per heavy atom. The maximum Gasteiger partial charge on any atom is 0.335 e. The number of carboxylic acid groups (broad SMARTS) is 1. The lowest BCUT2D eigenvalue weighted by Gasteiger charge is -1.98. The minimum Gasteiger partial charge on any atom is -0.478 e. The van der Waals surface area contributed by atoms with Gasteiger partial charge < -0.3 is 9.52 Å². The predicted octanol–water partition coefficient (Wildman–Crippen LogP) is 3.85. The molecular weight excluding hydrogens is 273 g/mol. The number of carboxylic acids is 1. The molecule has 1 N–H and O–H groups in total. The lowest BCUT2D eigenvalue weighted by molar-refractivity contribution is 0.0697. The van der Waals surface area contributed by atoms with Crippen LogP contribution in [0.3, 0.4) is 0 Å². The molecule has 5 heteroatoms. The number of halogens is 1. The number of aromatic carboxylic acids is 1. The molecule has 0 amide bonds. The van der Waals surface area contributed by atoms with E-state index in [1.165, 1.54) is 24.5 Å². The molecule has 0 aliphatic rings. The summed E-state index contributed by atoms with van der Waals surface area (Å²) < 4.78 is 19.0. The van der Waals surface area contributed by atoms with Gasteiger partial charge in [-0.1, -0.05) is 24.3 Å². The fraction of sp³-hybridized carbons (Fsp3) is 0. The maximum atomic E-state index is 13.7. The number of hydrogen-bond acceptors (Lipinski definition) is 3. The molecule has 1 aromatic heterocycles. The van der Waals surface area contributed by atoms with Crippen LogP contribution in [0.4, 0.5) is 4.39 Å². The fourth-order valence-corrected chi connectivity index (χ4v) is 1.98. The number of hydrogen-bond donors (Lipinski definition) is 1. The molecule has 0 saturated heterocycles. The third-order valence-electron chi connectivity index (χ3n) is 3.01. The average Bonchev–Trinajstić information content (AvgIpc) is 2.97. The van der Waals surface area contributed by atoms with Gasteiger partial charge in [0, 0.05) is 5.56 Å². The highest BCUT2D eigenvalue weighted by Gasteiger charge is 2.13. The van der Waals surface area contributed by atoms with Gasteiger partial charge in [0.2, 0.25) is 5.89 Å². The van der Waals surface area contributed by atoms with E-state index in [0.29, 0.717) is 11.3 Å². The minimum atomic E-state index is -1.02. The Morgan fingerprint density at radius 3 is 2.71 bits per heavy atom. The summed E-state index contributed by atoms with van der Waals surface area (Å²) in [5.41, 5.74) is 1.47. The lowest BCUT2D eigenvalue weighted by Crippen LogP contribution is -1.95. The summed E-state index contributed by atoms with van der Waals surface area (Å²) in [6, 6.07) is 12.5. The number of carbonyl (C=O) groups is 1. The molecular formula is C16H10FNO3. The Labute approximate surface area is 119 Å². The van der Waals surface area contributed by atoms with Crippen LogP contribution in [0.25, 0.3) is 22.7 Å². The Balaban J connectivity index is 2.01. The monoisotopic (exact) mass is 283 g/mol. The van der Waals surface area contributed by atoms with Crippen LogP contribution in [0.15, 0.2) is 59.2 Å². The molecule has 0 bridgehead atoms. The fourth-order valence-electron chi connectivity index (χ4n) is 1.98. The van der Waals surface area contributed by atoms with Crippen molar-refractivity contribution < 1.29 is 18.7 Å². The molecule has 0 aliphatic heterocycles. The number of nitrogens with zero attached hydrogens (tertiary/aromatic N) is 1. The molecule has 2 aromatic carbocycles. The van der Waals surface area contributed by atoms with E-state index in [-0.39, 0.29) is 17.0 Å². The van der Waals surface area contributed by atoms with E-state index in [0.717, 1.165) is 0 Å². The minimum absolute atomic E-state index is 0.156. The second-order valence-corrected chi connectivity index (χ2v) is 4.40. The van der Waals surface area contributed by atoms with Crippen molar-refractivity contribution in [3.63, 3.8) is 0 Å². The van der Waals surface area contributed by atoms with Crippen molar-refractivity contribution in [1.29, 1.82) is 0 Å². The molecule has 0 unspecified atom stereocenters. The summed E-state index contributed by atoms with van der Waals surface area (Å²) in [6.45, 7) is 0. The van der Waals surface area contributed by atoms with Crippen molar-refractivity contribution in [3.05, 3.63) is 66.2 Å². The van der Waals surface area contributed by atoms with Gasteiger partial charge >= 0.3 is 5.97 Å². The second-order valence-electron chi connectivity index (χ2n) is 4.40. The summed E-state index contributed by atoms with van der Waals surface area (Å²) in [7, 11) is 0. The molecule has 0 saturated carbocycles. The lowest BCUT2D eigenvalue weighted by atomic mass is 10.1. The van der Waals surface area contributed by atoms with Crippen molar-refractivity contribution in [3.8, 4) is 22.7 Å². The molecule has 0 aliphatic carbocycles. The summed E-state index contributed by atoms with van der Waals surface area (Å²) in [6.07, 6.45) is 1.38. The number of aromatic nitrogens is 1. The normalized spacial score (nSPS) is 10.5. The predicted molar refractivity (Wildman–Crippen MR) is 74.3 cm³/mol. The topological polar surface area (TPSA) is 63.3 Å². The van der Waals surface area contributed by atoms with E-state index < -0.39 is 11.8 Å². The molecule has 4 nitrogen and oxygen atoms in total. The van der Waals surface area contributed by atoms with Crippen molar-refractivity contribution >= 4 is 5.97 Å². The van der Waals surface area contributed by atoms with Crippen molar-refractivity contribution in [2.24, 2.45) is 0 Å². The SMILES string of the molecule is O=C(O)c1cccc(-c2coc(-c3ccccc3F)n2)c1. The Hall–Kier alpha value is -2.95. The molecule has 3 rings (SSSR count). The molecule has 0 radical (unpaired) electrons. The molecule has 1 heterocycles. The number of benzene rings is 2. The van der Waals surface area contributed by atoms with Crippen LogP contribution < -0.4 is 0 Å². The van der Waals surface area contributed by atoms with Crippen molar-refractivity contribution in [1.82, 2.24) is 4.98 Å². The second kappa shape index (κ2) is 5.20. The summed E-state index contributed by atoms with van der Waals surface area (Å²) in [5.74, 6) is -1.29. The van der Waals surface area contributed by atoms with Gasteiger partial charge in [-0.05, 0) is 24.3 Å². The zero-order valence-corrected chi connectivity index (χ0v) is 10.8. The first kappa shape index (κ1) is 13.1.